The Kier molecular flexibility index (Phi) is 8.49. The zero-order valence-corrected chi connectivity index (χ0v) is 20.3. The molecule has 33 heavy (non-hydrogen) atoms. The maximum atomic E-state index is 12.9. The van der Waals surface area contributed by atoms with E-state index in [1.807, 2.05) is 24.8 Å². The van der Waals surface area contributed by atoms with Gasteiger partial charge in [0.05, 0.1) is 16.5 Å². The molecular weight excluding hydrogens is 440 g/mol. The Labute approximate surface area is 197 Å². The van der Waals surface area contributed by atoms with Gasteiger partial charge in [-0.15, -0.1) is 0 Å². The second-order valence-electron chi connectivity index (χ2n) is 8.94. The van der Waals surface area contributed by atoms with Crippen LogP contribution in [-0.4, -0.2) is 61.7 Å². The first-order valence-corrected chi connectivity index (χ1v) is 13.3. The first-order chi connectivity index (χ1) is 15.8. The topological polar surface area (TPSA) is 111 Å². The van der Waals surface area contributed by atoms with E-state index in [9.17, 15) is 18.0 Å². The standard InChI is InChI=1S/C24H34N4O4S/c1-3-19(4-2)24(30)27-13-11-21(12-14-27)26-23(29)20-9-15-28(16-10-20)33(31,32)22-7-5-18(17-25)6-8-22/h5-8,19-21H,3-4,9-16H2,1-2H3,(H,26,29). The van der Waals surface area contributed by atoms with Gasteiger partial charge in [-0.1, -0.05) is 13.8 Å². The van der Waals surface area contributed by atoms with Crippen molar-refractivity contribution in [3.05, 3.63) is 29.8 Å². The van der Waals surface area contributed by atoms with Gasteiger partial charge in [-0.3, -0.25) is 9.59 Å². The molecule has 0 saturated carbocycles. The fourth-order valence-corrected chi connectivity index (χ4v) is 6.14. The predicted molar refractivity (Wildman–Crippen MR) is 124 cm³/mol. The van der Waals surface area contributed by atoms with E-state index in [0.717, 1.165) is 25.7 Å². The number of piperidine rings is 2. The van der Waals surface area contributed by atoms with Crippen LogP contribution in [-0.2, 0) is 19.6 Å². The molecule has 2 heterocycles. The maximum absolute atomic E-state index is 12.9. The Bertz CT molecular complexity index is 967. The normalized spacial score (nSPS) is 18.8. The highest BCUT2D eigenvalue weighted by Crippen LogP contribution is 2.25. The van der Waals surface area contributed by atoms with Gasteiger partial charge in [0.1, 0.15) is 0 Å². The zero-order chi connectivity index (χ0) is 24.0. The van der Waals surface area contributed by atoms with Gasteiger partial charge >= 0.3 is 0 Å². The molecule has 2 amide bonds. The van der Waals surface area contributed by atoms with Gasteiger partial charge in [-0.2, -0.15) is 9.57 Å². The molecule has 0 spiro atoms. The van der Waals surface area contributed by atoms with Crippen LogP contribution in [0.1, 0.15) is 57.9 Å². The van der Waals surface area contributed by atoms with E-state index >= 15 is 0 Å². The van der Waals surface area contributed by atoms with Crippen molar-refractivity contribution in [1.29, 1.82) is 5.26 Å². The summed E-state index contributed by atoms with van der Waals surface area (Å²) < 4.78 is 27.2. The molecule has 3 rings (SSSR count). The molecule has 0 atom stereocenters. The number of hydrogen-bond acceptors (Lipinski definition) is 5. The third kappa shape index (κ3) is 5.92. The van der Waals surface area contributed by atoms with Crippen molar-refractivity contribution in [2.75, 3.05) is 26.2 Å². The summed E-state index contributed by atoms with van der Waals surface area (Å²) in [4.78, 5) is 27.4. The van der Waals surface area contributed by atoms with E-state index in [2.05, 4.69) is 5.32 Å². The SMILES string of the molecule is CCC(CC)C(=O)N1CCC(NC(=O)C2CCN(S(=O)(=O)c3ccc(C#N)cc3)CC2)CC1. The van der Waals surface area contributed by atoms with Crippen LogP contribution in [0.15, 0.2) is 29.2 Å². The molecule has 1 aromatic carbocycles. The summed E-state index contributed by atoms with van der Waals surface area (Å²) in [5.41, 5.74) is 0.412. The van der Waals surface area contributed by atoms with Gasteiger partial charge in [0.25, 0.3) is 0 Å². The maximum Gasteiger partial charge on any atom is 0.243 e. The van der Waals surface area contributed by atoms with E-state index in [4.69, 9.17) is 5.26 Å². The van der Waals surface area contributed by atoms with Crippen molar-refractivity contribution in [2.24, 2.45) is 11.8 Å². The van der Waals surface area contributed by atoms with Crippen LogP contribution in [0.3, 0.4) is 0 Å². The third-order valence-electron chi connectivity index (χ3n) is 6.93. The number of nitrogens with zero attached hydrogens (tertiary/aromatic N) is 3. The number of likely N-dealkylation sites (tertiary alicyclic amines) is 1. The summed E-state index contributed by atoms with van der Waals surface area (Å²) in [6.07, 6.45) is 4.17. The van der Waals surface area contributed by atoms with Crippen molar-refractivity contribution in [3.63, 3.8) is 0 Å². The quantitative estimate of drug-likeness (QED) is 0.653. The Morgan fingerprint density at radius 1 is 1.03 bits per heavy atom. The Balaban J connectivity index is 1.47. The highest BCUT2D eigenvalue weighted by atomic mass is 32.2. The summed E-state index contributed by atoms with van der Waals surface area (Å²) >= 11 is 0. The molecule has 2 aliphatic rings. The van der Waals surface area contributed by atoms with Gasteiger partial charge in [0.15, 0.2) is 0 Å². The van der Waals surface area contributed by atoms with E-state index < -0.39 is 10.0 Å². The number of nitriles is 1. The Morgan fingerprint density at radius 3 is 2.12 bits per heavy atom. The fraction of sp³-hybridized carbons (Fsp3) is 0.625. The second-order valence-corrected chi connectivity index (χ2v) is 10.9. The van der Waals surface area contributed by atoms with Gasteiger partial charge in [-0.05, 0) is 62.8 Å². The number of hydrogen-bond donors (Lipinski definition) is 1. The fourth-order valence-electron chi connectivity index (χ4n) is 4.67. The van der Waals surface area contributed by atoms with Crippen LogP contribution in [0, 0.1) is 23.2 Å². The van der Waals surface area contributed by atoms with E-state index in [1.165, 1.54) is 28.6 Å². The molecule has 2 fully saturated rings. The molecule has 0 radical (unpaired) electrons. The van der Waals surface area contributed by atoms with E-state index in [1.54, 1.807) is 0 Å². The third-order valence-corrected chi connectivity index (χ3v) is 8.85. The summed E-state index contributed by atoms with van der Waals surface area (Å²) in [6.45, 7) is 6.01. The Hall–Kier alpha value is -2.44. The molecule has 2 saturated heterocycles. The van der Waals surface area contributed by atoms with Crippen molar-refractivity contribution >= 4 is 21.8 Å². The zero-order valence-electron chi connectivity index (χ0n) is 19.5. The molecule has 0 aromatic heterocycles. The lowest BCUT2D eigenvalue weighted by Gasteiger charge is -2.36. The lowest BCUT2D eigenvalue weighted by molar-refractivity contribution is -0.137. The molecule has 0 aliphatic carbocycles. The monoisotopic (exact) mass is 474 g/mol. The van der Waals surface area contributed by atoms with Crippen LogP contribution in [0.2, 0.25) is 0 Å². The molecule has 0 bridgehead atoms. The average molecular weight is 475 g/mol. The average Bonchev–Trinajstić information content (AvgIpc) is 2.85. The van der Waals surface area contributed by atoms with Crippen molar-refractivity contribution in [2.45, 2.75) is 63.3 Å². The summed E-state index contributed by atoms with van der Waals surface area (Å²) in [7, 11) is -3.63. The molecule has 0 unspecified atom stereocenters. The van der Waals surface area contributed by atoms with Crippen LogP contribution in [0.25, 0.3) is 0 Å². The largest absolute Gasteiger partial charge is 0.353 e. The molecule has 1 aromatic rings. The summed E-state index contributed by atoms with van der Waals surface area (Å²) in [5.74, 6) is 0.0827. The van der Waals surface area contributed by atoms with Crippen molar-refractivity contribution in [3.8, 4) is 6.07 Å². The van der Waals surface area contributed by atoms with Gasteiger partial charge < -0.3 is 10.2 Å². The van der Waals surface area contributed by atoms with Crippen LogP contribution in [0.5, 0.6) is 0 Å². The number of nitrogens with one attached hydrogen (secondary N) is 1. The lowest BCUT2D eigenvalue weighted by Crippen LogP contribution is -2.50. The number of sulfonamides is 1. The van der Waals surface area contributed by atoms with Crippen molar-refractivity contribution < 1.29 is 18.0 Å². The predicted octanol–water partition coefficient (Wildman–Crippen LogP) is 2.50. The molecule has 1 N–H and O–H groups in total. The van der Waals surface area contributed by atoms with Gasteiger partial charge in [0, 0.05) is 44.1 Å². The number of amides is 2. The number of benzene rings is 1. The first kappa shape index (κ1) is 25.2. The van der Waals surface area contributed by atoms with E-state index in [0.29, 0.717) is 44.6 Å². The van der Waals surface area contributed by atoms with Crippen LogP contribution >= 0.6 is 0 Å². The number of carbonyl (C=O) groups is 2. The molecule has 180 valence electrons. The minimum atomic E-state index is -3.63. The molecular formula is C24H34N4O4S. The molecule has 2 aliphatic heterocycles. The lowest BCUT2D eigenvalue weighted by atomic mass is 9.95. The van der Waals surface area contributed by atoms with Gasteiger partial charge in [-0.25, -0.2) is 8.42 Å². The van der Waals surface area contributed by atoms with Gasteiger partial charge in [0.2, 0.25) is 21.8 Å². The smallest absolute Gasteiger partial charge is 0.243 e. The number of rotatable bonds is 7. The minimum absolute atomic E-state index is 0.0183. The highest BCUT2D eigenvalue weighted by Gasteiger charge is 2.33. The summed E-state index contributed by atoms with van der Waals surface area (Å²) in [5, 5.41) is 12.0. The summed E-state index contributed by atoms with van der Waals surface area (Å²) in [6, 6.07) is 7.94. The minimum Gasteiger partial charge on any atom is -0.353 e. The van der Waals surface area contributed by atoms with Crippen molar-refractivity contribution in [1.82, 2.24) is 14.5 Å². The molecule has 9 heteroatoms. The van der Waals surface area contributed by atoms with E-state index in [-0.39, 0.29) is 34.6 Å². The highest BCUT2D eigenvalue weighted by molar-refractivity contribution is 7.89. The van der Waals surface area contributed by atoms with Crippen LogP contribution in [0.4, 0.5) is 0 Å². The Morgan fingerprint density at radius 2 is 1.61 bits per heavy atom. The number of carbonyl (C=O) groups excluding carboxylic acids is 2. The van der Waals surface area contributed by atoms with Crippen LogP contribution < -0.4 is 5.32 Å². The first-order valence-electron chi connectivity index (χ1n) is 11.9. The second kappa shape index (κ2) is 11.1. The molecule has 8 nitrogen and oxygen atoms in total.